The number of hydrogen-bond acceptors (Lipinski definition) is 7. The van der Waals surface area contributed by atoms with E-state index in [0.717, 1.165) is 35.7 Å². The fraction of sp³-hybridized carbons (Fsp3) is 0.385. The zero-order chi connectivity index (χ0) is 23.2. The summed E-state index contributed by atoms with van der Waals surface area (Å²) in [4.78, 5) is 22.2. The number of rotatable bonds is 7. The van der Waals surface area contributed by atoms with Crippen molar-refractivity contribution in [1.29, 1.82) is 0 Å². The van der Waals surface area contributed by atoms with E-state index < -0.39 is 0 Å². The van der Waals surface area contributed by atoms with Crippen molar-refractivity contribution >= 4 is 17.2 Å². The molecule has 2 aliphatic rings. The van der Waals surface area contributed by atoms with E-state index in [2.05, 4.69) is 43.0 Å². The Bertz CT molecular complexity index is 1060. The average molecular weight is 479 g/mol. The normalized spacial score (nSPS) is 20.1. The lowest BCUT2D eigenvalue weighted by molar-refractivity contribution is -0.123. The molecule has 0 unspecified atom stereocenters. The fourth-order valence-corrected chi connectivity index (χ4v) is 5.29. The summed E-state index contributed by atoms with van der Waals surface area (Å²) in [5.74, 6) is 0.904. The zero-order valence-corrected chi connectivity index (χ0v) is 20.0. The molecule has 0 aliphatic carbocycles. The van der Waals surface area contributed by atoms with Gasteiger partial charge in [0.2, 0.25) is 5.91 Å². The van der Waals surface area contributed by atoms with Gasteiger partial charge in [-0.25, -0.2) is 0 Å². The van der Waals surface area contributed by atoms with Gasteiger partial charge in [0.05, 0.1) is 31.5 Å². The third-order valence-corrected chi connectivity index (χ3v) is 7.05. The first-order chi connectivity index (χ1) is 16.8. The number of amides is 1. The van der Waals surface area contributed by atoms with Crippen LogP contribution in [0, 0.1) is 0 Å². The summed E-state index contributed by atoms with van der Waals surface area (Å²) in [7, 11) is 0. The number of nitrogens with zero attached hydrogens (tertiary/aromatic N) is 3. The Kier molecular flexibility index (Phi) is 7.50. The number of ether oxygens (including phenoxy) is 2. The maximum Gasteiger partial charge on any atom is 0.234 e. The van der Waals surface area contributed by atoms with Gasteiger partial charge in [-0.1, -0.05) is 24.3 Å². The predicted molar refractivity (Wildman–Crippen MR) is 132 cm³/mol. The molecule has 0 saturated carbocycles. The molecule has 2 atom stereocenters. The van der Waals surface area contributed by atoms with E-state index in [4.69, 9.17) is 9.47 Å². The number of hydrogen-bond donors (Lipinski definition) is 1. The first-order valence-corrected chi connectivity index (χ1v) is 12.7. The second-order valence-corrected chi connectivity index (χ2v) is 9.44. The predicted octanol–water partition coefficient (Wildman–Crippen LogP) is 3.27. The number of carbonyl (C=O) groups is 1. The number of morpholine rings is 1. The Hall–Kier alpha value is -2.78. The summed E-state index contributed by atoms with van der Waals surface area (Å²) in [6, 6.07) is 16.2. The quantitative estimate of drug-likeness (QED) is 0.562. The molecule has 178 valence electrons. The van der Waals surface area contributed by atoms with Crippen molar-refractivity contribution in [2.75, 3.05) is 45.9 Å². The molecule has 34 heavy (non-hydrogen) atoms. The molecule has 1 aromatic carbocycles. The summed E-state index contributed by atoms with van der Waals surface area (Å²) in [5, 5.41) is 7.37. The maximum absolute atomic E-state index is 13.1. The number of pyridine rings is 1. The second-order valence-electron chi connectivity index (χ2n) is 8.66. The van der Waals surface area contributed by atoms with Crippen molar-refractivity contribution in [2.24, 2.45) is 0 Å². The minimum absolute atomic E-state index is 0.0117. The van der Waals surface area contributed by atoms with Crippen LogP contribution in [0.1, 0.15) is 29.0 Å². The van der Waals surface area contributed by atoms with Crippen LogP contribution in [0.5, 0.6) is 5.75 Å². The maximum atomic E-state index is 13.1. The Morgan fingerprint density at radius 2 is 2.00 bits per heavy atom. The number of thiophene rings is 1. The smallest absolute Gasteiger partial charge is 0.234 e. The molecule has 1 saturated heterocycles. The van der Waals surface area contributed by atoms with Crippen LogP contribution in [-0.2, 0) is 16.1 Å². The Morgan fingerprint density at radius 3 is 2.79 bits per heavy atom. The summed E-state index contributed by atoms with van der Waals surface area (Å²) < 4.78 is 11.9. The van der Waals surface area contributed by atoms with Crippen molar-refractivity contribution in [2.45, 2.75) is 18.7 Å². The zero-order valence-electron chi connectivity index (χ0n) is 19.1. The number of aromatic nitrogens is 1. The Morgan fingerprint density at radius 1 is 1.15 bits per heavy atom. The first-order valence-electron chi connectivity index (χ1n) is 11.7. The van der Waals surface area contributed by atoms with Gasteiger partial charge in [-0.05, 0) is 35.0 Å². The van der Waals surface area contributed by atoms with Crippen LogP contribution < -0.4 is 10.1 Å². The monoisotopic (exact) mass is 478 g/mol. The molecular weight excluding hydrogens is 448 g/mol. The molecule has 0 spiro atoms. The molecule has 2 aromatic heterocycles. The number of benzene rings is 1. The summed E-state index contributed by atoms with van der Waals surface area (Å²) >= 11 is 1.66. The summed E-state index contributed by atoms with van der Waals surface area (Å²) in [5.41, 5.74) is 3.22. The number of para-hydroxylation sites is 1. The number of fused-ring (bicyclic) bond motifs is 1. The van der Waals surface area contributed by atoms with Crippen molar-refractivity contribution in [3.05, 3.63) is 82.3 Å². The van der Waals surface area contributed by atoms with E-state index in [0.29, 0.717) is 39.4 Å². The van der Waals surface area contributed by atoms with Gasteiger partial charge in [-0.2, -0.15) is 11.3 Å². The van der Waals surface area contributed by atoms with Crippen molar-refractivity contribution in [3.8, 4) is 5.75 Å². The Balaban J connectivity index is 1.26. The SMILES string of the molecule is O=C(CN1Cc2ccccc2O[C@@H](c2ccsc2)C1)NC[C@@H](c1ccccn1)N1CCOCC1. The molecule has 1 N–H and O–H groups in total. The van der Waals surface area contributed by atoms with E-state index >= 15 is 0 Å². The molecule has 1 amide bonds. The molecule has 0 radical (unpaired) electrons. The molecular formula is C26H30N4O3S. The van der Waals surface area contributed by atoms with Crippen LogP contribution >= 0.6 is 11.3 Å². The highest BCUT2D eigenvalue weighted by molar-refractivity contribution is 7.07. The van der Waals surface area contributed by atoms with E-state index in [1.165, 1.54) is 0 Å². The van der Waals surface area contributed by atoms with Gasteiger partial charge in [0.1, 0.15) is 11.9 Å². The van der Waals surface area contributed by atoms with E-state index in [1.807, 2.05) is 42.6 Å². The van der Waals surface area contributed by atoms with Gasteiger partial charge in [0.25, 0.3) is 0 Å². The van der Waals surface area contributed by atoms with Gasteiger partial charge < -0.3 is 14.8 Å². The topological polar surface area (TPSA) is 66.9 Å². The van der Waals surface area contributed by atoms with Gasteiger partial charge >= 0.3 is 0 Å². The molecule has 4 heterocycles. The lowest BCUT2D eigenvalue weighted by atomic mass is 10.1. The van der Waals surface area contributed by atoms with Crippen molar-refractivity contribution in [3.63, 3.8) is 0 Å². The van der Waals surface area contributed by atoms with Gasteiger partial charge in [0, 0.05) is 50.0 Å². The first kappa shape index (κ1) is 23.0. The van der Waals surface area contributed by atoms with Crippen molar-refractivity contribution in [1.82, 2.24) is 20.1 Å². The number of carbonyl (C=O) groups excluding carboxylic acids is 1. The lowest BCUT2D eigenvalue weighted by Gasteiger charge is -2.34. The molecule has 1 fully saturated rings. The fourth-order valence-electron chi connectivity index (χ4n) is 4.58. The largest absolute Gasteiger partial charge is 0.484 e. The molecule has 3 aromatic rings. The van der Waals surface area contributed by atoms with Crippen LogP contribution in [0.2, 0.25) is 0 Å². The molecule has 0 bridgehead atoms. The highest BCUT2D eigenvalue weighted by atomic mass is 32.1. The minimum atomic E-state index is -0.0997. The molecule has 5 rings (SSSR count). The van der Waals surface area contributed by atoms with Gasteiger partial charge in [-0.15, -0.1) is 0 Å². The second kappa shape index (κ2) is 11.1. The van der Waals surface area contributed by atoms with Crippen LogP contribution in [0.15, 0.2) is 65.5 Å². The summed E-state index contributed by atoms with van der Waals surface area (Å²) in [6.07, 6.45) is 1.71. The van der Waals surface area contributed by atoms with Crippen LogP contribution in [0.25, 0.3) is 0 Å². The van der Waals surface area contributed by atoms with Gasteiger partial charge in [0.15, 0.2) is 0 Å². The number of nitrogens with one attached hydrogen (secondary N) is 1. The van der Waals surface area contributed by atoms with E-state index in [9.17, 15) is 4.79 Å². The molecule has 2 aliphatic heterocycles. The third-order valence-electron chi connectivity index (χ3n) is 6.35. The summed E-state index contributed by atoms with van der Waals surface area (Å²) in [6.45, 7) is 5.24. The van der Waals surface area contributed by atoms with Crippen molar-refractivity contribution < 1.29 is 14.3 Å². The minimum Gasteiger partial charge on any atom is -0.484 e. The highest BCUT2D eigenvalue weighted by Gasteiger charge is 2.27. The van der Waals surface area contributed by atoms with Crippen LogP contribution in [0.3, 0.4) is 0 Å². The Labute approximate surface area is 204 Å². The van der Waals surface area contributed by atoms with Crippen LogP contribution in [0.4, 0.5) is 0 Å². The van der Waals surface area contributed by atoms with Crippen LogP contribution in [-0.4, -0.2) is 66.6 Å². The third kappa shape index (κ3) is 5.64. The molecule has 7 nitrogen and oxygen atoms in total. The van der Waals surface area contributed by atoms with Gasteiger partial charge in [-0.3, -0.25) is 19.6 Å². The molecule has 8 heteroatoms. The lowest BCUT2D eigenvalue weighted by Crippen LogP contribution is -2.46. The highest BCUT2D eigenvalue weighted by Crippen LogP contribution is 2.31. The average Bonchev–Trinajstić information content (AvgIpc) is 3.35. The van der Waals surface area contributed by atoms with E-state index in [1.54, 1.807) is 11.3 Å². The standard InChI is InChI=1S/C26H30N4O3S/c31-26(28-15-23(22-6-3-4-9-27-22)30-10-12-32-13-11-30)18-29-16-20-5-1-2-7-24(20)33-25(17-29)21-8-14-34-19-21/h1-9,14,19,23,25H,10-13,15-18H2,(H,28,31)/t23-,25+/m0/s1. The van der Waals surface area contributed by atoms with E-state index in [-0.39, 0.29) is 18.1 Å².